The van der Waals surface area contributed by atoms with E-state index in [9.17, 15) is 0 Å². The number of nitrogens with zero attached hydrogens (tertiary/aromatic N) is 2. The molecular formula is C11H7BrClN3S. The maximum Gasteiger partial charge on any atom is 0.132 e. The zero-order chi connectivity index (χ0) is 12.4. The monoisotopic (exact) mass is 327 g/mol. The molecule has 1 aromatic carbocycles. The lowest BCUT2D eigenvalue weighted by Crippen LogP contribution is -1.91. The van der Waals surface area contributed by atoms with Gasteiger partial charge in [0.2, 0.25) is 0 Å². The standard InChI is InChI=1S/C11H7BrClN3S/c1-6-8(5-14)11(17-16-6)15-10-4-7(13)2-3-9(10)12/h2-4,15H,1H3. The number of nitriles is 1. The molecule has 0 atom stereocenters. The third-order valence-corrected chi connectivity index (χ3v) is 3.93. The van der Waals surface area contributed by atoms with Gasteiger partial charge in [-0.2, -0.15) is 9.64 Å². The summed E-state index contributed by atoms with van der Waals surface area (Å²) < 4.78 is 5.03. The van der Waals surface area contributed by atoms with Crippen LogP contribution in [0.15, 0.2) is 22.7 Å². The van der Waals surface area contributed by atoms with Crippen LogP contribution >= 0.6 is 39.1 Å². The second-order valence-electron chi connectivity index (χ2n) is 3.33. The van der Waals surface area contributed by atoms with Gasteiger partial charge in [-0.15, -0.1) is 0 Å². The van der Waals surface area contributed by atoms with Gasteiger partial charge in [-0.25, -0.2) is 0 Å². The van der Waals surface area contributed by atoms with Crippen molar-refractivity contribution in [1.82, 2.24) is 4.37 Å². The third kappa shape index (κ3) is 2.60. The Balaban J connectivity index is 2.38. The predicted octanol–water partition coefficient (Wildman–Crippen LogP) is 4.48. The van der Waals surface area contributed by atoms with Gasteiger partial charge in [0.05, 0.1) is 11.4 Å². The number of anilines is 2. The molecule has 0 saturated heterocycles. The molecule has 0 spiro atoms. The van der Waals surface area contributed by atoms with E-state index < -0.39 is 0 Å². The van der Waals surface area contributed by atoms with E-state index in [-0.39, 0.29) is 0 Å². The smallest absolute Gasteiger partial charge is 0.132 e. The number of halogens is 2. The average Bonchev–Trinajstić information content (AvgIpc) is 2.64. The largest absolute Gasteiger partial charge is 0.344 e. The van der Waals surface area contributed by atoms with E-state index in [4.69, 9.17) is 16.9 Å². The van der Waals surface area contributed by atoms with Crippen molar-refractivity contribution >= 4 is 49.8 Å². The summed E-state index contributed by atoms with van der Waals surface area (Å²) in [6, 6.07) is 7.57. The summed E-state index contributed by atoms with van der Waals surface area (Å²) in [6.45, 7) is 1.81. The molecule has 1 aromatic heterocycles. The molecule has 86 valence electrons. The normalized spacial score (nSPS) is 10.0. The molecule has 0 aliphatic carbocycles. The quantitative estimate of drug-likeness (QED) is 0.884. The summed E-state index contributed by atoms with van der Waals surface area (Å²) in [4.78, 5) is 0. The first-order chi connectivity index (χ1) is 8.11. The third-order valence-electron chi connectivity index (χ3n) is 2.15. The van der Waals surface area contributed by atoms with Crippen molar-refractivity contribution in [2.24, 2.45) is 0 Å². The molecule has 0 aliphatic heterocycles. The maximum absolute atomic E-state index is 9.03. The molecular weight excluding hydrogens is 322 g/mol. The van der Waals surface area contributed by atoms with Gasteiger partial charge in [-0.3, -0.25) is 0 Å². The number of rotatable bonds is 2. The molecule has 0 unspecified atom stereocenters. The van der Waals surface area contributed by atoms with Crippen LogP contribution in [0, 0.1) is 18.3 Å². The Hall–Kier alpha value is -1.09. The fraction of sp³-hybridized carbons (Fsp3) is 0.0909. The number of hydrogen-bond acceptors (Lipinski definition) is 4. The maximum atomic E-state index is 9.03. The lowest BCUT2D eigenvalue weighted by atomic mass is 10.2. The van der Waals surface area contributed by atoms with Crippen LogP contribution in [-0.2, 0) is 0 Å². The van der Waals surface area contributed by atoms with Crippen LogP contribution in [0.2, 0.25) is 5.02 Å². The van der Waals surface area contributed by atoms with Gasteiger partial charge in [-0.1, -0.05) is 11.6 Å². The topological polar surface area (TPSA) is 48.7 Å². The van der Waals surface area contributed by atoms with E-state index >= 15 is 0 Å². The fourth-order valence-electron chi connectivity index (χ4n) is 1.30. The van der Waals surface area contributed by atoms with Gasteiger partial charge < -0.3 is 5.32 Å². The molecule has 0 aliphatic rings. The van der Waals surface area contributed by atoms with Crippen molar-refractivity contribution in [3.8, 4) is 6.07 Å². The minimum atomic E-state index is 0.571. The summed E-state index contributed by atoms with van der Waals surface area (Å²) in [7, 11) is 0. The molecule has 0 fully saturated rings. The second-order valence-corrected chi connectivity index (χ2v) is 5.40. The molecule has 0 saturated carbocycles. The van der Waals surface area contributed by atoms with Crippen LogP contribution in [0.5, 0.6) is 0 Å². The number of nitrogens with one attached hydrogen (secondary N) is 1. The van der Waals surface area contributed by atoms with Crippen molar-refractivity contribution < 1.29 is 0 Å². The highest BCUT2D eigenvalue weighted by Crippen LogP contribution is 2.32. The molecule has 0 bridgehead atoms. The molecule has 6 heteroatoms. The van der Waals surface area contributed by atoms with Gasteiger partial charge in [0, 0.05) is 9.50 Å². The predicted molar refractivity (Wildman–Crippen MR) is 74.0 cm³/mol. The highest BCUT2D eigenvalue weighted by molar-refractivity contribution is 9.10. The van der Waals surface area contributed by atoms with Crippen LogP contribution in [0.3, 0.4) is 0 Å². The highest BCUT2D eigenvalue weighted by atomic mass is 79.9. The second kappa shape index (κ2) is 5.05. The Labute approximate surface area is 116 Å². The van der Waals surface area contributed by atoms with E-state index in [1.54, 1.807) is 12.1 Å². The Bertz CT molecular complexity index is 603. The highest BCUT2D eigenvalue weighted by Gasteiger charge is 2.11. The Morgan fingerprint density at radius 1 is 1.53 bits per heavy atom. The lowest BCUT2D eigenvalue weighted by molar-refractivity contribution is 1.31. The van der Waals surface area contributed by atoms with Crippen LogP contribution in [0.1, 0.15) is 11.3 Å². The van der Waals surface area contributed by atoms with E-state index in [0.717, 1.165) is 20.9 Å². The number of aryl methyl sites for hydroxylation is 1. The Kier molecular flexibility index (Phi) is 3.67. The van der Waals surface area contributed by atoms with Crippen LogP contribution in [-0.4, -0.2) is 4.37 Å². The van der Waals surface area contributed by atoms with E-state index in [1.807, 2.05) is 13.0 Å². The lowest BCUT2D eigenvalue weighted by Gasteiger charge is -2.06. The van der Waals surface area contributed by atoms with Crippen LogP contribution in [0.25, 0.3) is 0 Å². The van der Waals surface area contributed by atoms with Crippen molar-refractivity contribution in [3.63, 3.8) is 0 Å². The summed E-state index contributed by atoms with van der Waals surface area (Å²) >= 11 is 10.6. The van der Waals surface area contributed by atoms with Crippen molar-refractivity contribution in [3.05, 3.63) is 39.0 Å². The molecule has 1 N–H and O–H groups in total. The summed E-state index contributed by atoms with van der Waals surface area (Å²) in [5, 5.41) is 13.5. The molecule has 17 heavy (non-hydrogen) atoms. The molecule has 2 aromatic rings. The van der Waals surface area contributed by atoms with Gasteiger partial charge in [-0.05, 0) is 52.6 Å². The molecule has 0 amide bonds. The summed E-state index contributed by atoms with van der Waals surface area (Å²) in [5.74, 6) is 0. The average molecular weight is 329 g/mol. The number of benzene rings is 1. The fourth-order valence-corrected chi connectivity index (χ4v) is 2.58. The first kappa shape index (κ1) is 12.4. The minimum Gasteiger partial charge on any atom is -0.344 e. The summed E-state index contributed by atoms with van der Waals surface area (Å²) in [6.07, 6.45) is 0. The van der Waals surface area contributed by atoms with Gasteiger partial charge in [0.15, 0.2) is 0 Å². The van der Waals surface area contributed by atoms with Crippen molar-refractivity contribution in [1.29, 1.82) is 5.26 Å². The zero-order valence-electron chi connectivity index (χ0n) is 8.79. The van der Waals surface area contributed by atoms with E-state index in [1.165, 1.54) is 11.5 Å². The van der Waals surface area contributed by atoms with Crippen molar-refractivity contribution in [2.75, 3.05) is 5.32 Å². The molecule has 1 heterocycles. The SMILES string of the molecule is Cc1nsc(Nc2cc(Cl)ccc2Br)c1C#N. The minimum absolute atomic E-state index is 0.571. The van der Waals surface area contributed by atoms with Gasteiger partial charge in [0.1, 0.15) is 16.6 Å². The molecule has 2 rings (SSSR count). The van der Waals surface area contributed by atoms with Gasteiger partial charge >= 0.3 is 0 Å². The molecule has 0 radical (unpaired) electrons. The van der Waals surface area contributed by atoms with Crippen molar-refractivity contribution in [2.45, 2.75) is 6.92 Å². The number of hydrogen-bond donors (Lipinski definition) is 1. The first-order valence-electron chi connectivity index (χ1n) is 4.70. The Morgan fingerprint density at radius 3 is 3.00 bits per heavy atom. The van der Waals surface area contributed by atoms with E-state index in [0.29, 0.717) is 10.6 Å². The molecule has 3 nitrogen and oxygen atoms in total. The zero-order valence-corrected chi connectivity index (χ0v) is 11.9. The Morgan fingerprint density at radius 2 is 2.29 bits per heavy atom. The first-order valence-corrected chi connectivity index (χ1v) is 6.64. The summed E-state index contributed by atoms with van der Waals surface area (Å²) in [5.41, 5.74) is 2.12. The van der Waals surface area contributed by atoms with E-state index in [2.05, 4.69) is 31.7 Å². The van der Waals surface area contributed by atoms with Gasteiger partial charge in [0.25, 0.3) is 0 Å². The van der Waals surface area contributed by atoms with Crippen LogP contribution < -0.4 is 5.32 Å². The van der Waals surface area contributed by atoms with Crippen LogP contribution in [0.4, 0.5) is 10.7 Å². The number of aromatic nitrogens is 1.